The summed E-state index contributed by atoms with van der Waals surface area (Å²) >= 11 is 0. The van der Waals surface area contributed by atoms with Gasteiger partial charge in [0.15, 0.2) is 9.84 Å². The van der Waals surface area contributed by atoms with E-state index in [0.717, 1.165) is 20.5 Å². The summed E-state index contributed by atoms with van der Waals surface area (Å²) in [6, 6.07) is 13.7. The fourth-order valence-electron chi connectivity index (χ4n) is 4.31. The highest BCUT2D eigenvalue weighted by Crippen LogP contribution is 2.45. The van der Waals surface area contributed by atoms with Gasteiger partial charge in [-0.2, -0.15) is 5.26 Å². The molecule has 10 heteroatoms. The van der Waals surface area contributed by atoms with Gasteiger partial charge in [-0.05, 0) is 36.6 Å². The normalized spacial score (nSPS) is 16.1. The van der Waals surface area contributed by atoms with E-state index in [9.17, 15) is 23.3 Å². The van der Waals surface area contributed by atoms with E-state index in [2.05, 4.69) is 6.07 Å². The van der Waals surface area contributed by atoms with E-state index in [1.54, 1.807) is 50.2 Å². The maximum Gasteiger partial charge on any atom is 0.355 e. The van der Waals surface area contributed by atoms with Gasteiger partial charge >= 0.3 is 11.9 Å². The van der Waals surface area contributed by atoms with Gasteiger partial charge in [0, 0.05) is 6.26 Å². The summed E-state index contributed by atoms with van der Waals surface area (Å²) in [4.78, 5) is 27.6. The Labute approximate surface area is 204 Å². The third-order valence-corrected chi connectivity index (χ3v) is 7.06. The molecule has 0 saturated carbocycles. The third kappa shape index (κ3) is 4.38. The number of rotatable bonds is 5. The maximum atomic E-state index is 13.2. The van der Waals surface area contributed by atoms with Crippen LogP contribution < -0.4 is 10.6 Å². The highest BCUT2D eigenvalue weighted by Gasteiger charge is 2.43. The Kier molecular flexibility index (Phi) is 7.03. The van der Waals surface area contributed by atoms with Gasteiger partial charge in [-0.25, -0.2) is 18.0 Å². The molecule has 1 aliphatic heterocycles. The minimum Gasteiger partial charge on any atom is -0.466 e. The van der Waals surface area contributed by atoms with Crippen LogP contribution in [0.25, 0.3) is 0 Å². The summed E-state index contributed by atoms with van der Waals surface area (Å²) < 4.78 is 34.9. The van der Waals surface area contributed by atoms with Crippen molar-refractivity contribution >= 4 is 27.5 Å². The molecule has 2 aromatic carbocycles. The first-order chi connectivity index (χ1) is 16.5. The van der Waals surface area contributed by atoms with Gasteiger partial charge in [-0.3, -0.25) is 4.90 Å². The predicted molar refractivity (Wildman–Crippen MR) is 129 cm³/mol. The molecule has 0 aliphatic carbocycles. The van der Waals surface area contributed by atoms with Gasteiger partial charge in [-0.1, -0.05) is 36.4 Å². The standard InChI is InChI=1S/C25H25N3O6S/c1-14-11-12-18(35(5,31)32)15(2)21(14)28-22(25(30)34-4)20(24(29)33-3)19(17(13-26)23(28)27)16-9-7-6-8-10-16/h6-12,19H,27H2,1-5H3. The van der Waals surface area contributed by atoms with Gasteiger partial charge in [0.25, 0.3) is 0 Å². The van der Waals surface area contributed by atoms with E-state index >= 15 is 0 Å². The fraction of sp³-hybridized carbons (Fsp3) is 0.240. The zero-order valence-electron chi connectivity index (χ0n) is 19.9. The van der Waals surface area contributed by atoms with Gasteiger partial charge in [-0.15, -0.1) is 0 Å². The van der Waals surface area contributed by atoms with E-state index in [1.165, 1.54) is 11.0 Å². The van der Waals surface area contributed by atoms with Crippen LogP contribution in [-0.4, -0.2) is 40.8 Å². The van der Waals surface area contributed by atoms with Gasteiger partial charge in [0.2, 0.25) is 0 Å². The van der Waals surface area contributed by atoms with Crippen molar-refractivity contribution in [2.24, 2.45) is 5.73 Å². The number of hydrogen-bond donors (Lipinski definition) is 1. The number of carbonyl (C=O) groups is 2. The van der Waals surface area contributed by atoms with Crippen LogP contribution in [0.4, 0.5) is 5.69 Å². The van der Waals surface area contributed by atoms with Crippen LogP contribution in [0.5, 0.6) is 0 Å². The monoisotopic (exact) mass is 495 g/mol. The van der Waals surface area contributed by atoms with E-state index in [0.29, 0.717) is 11.1 Å². The zero-order chi connectivity index (χ0) is 26.1. The Bertz CT molecular complexity index is 1420. The second-order valence-electron chi connectivity index (χ2n) is 7.96. The first kappa shape index (κ1) is 25.5. The number of sulfone groups is 1. The third-order valence-electron chi connectivity index (χ3n) is 5.82. The van der Waals surface area contributed by atoms with Crippen LogP contribution in [0.15, 0.2) is 70.0 Å². The quantitative estimate of drug-likeness (QED) is 0.620. The van der Waals surface area contributed by atoms with Crippen molar-refractivity contribution in [3.63, 3.8) is 0 Å². The fourth-order valence-corrected chi connectivity index (χ4v) is 5.28. The second kappa shape index (κ2) is 9.64. The van der Waals surface area contributed by atoms with Gasteiger partial charge < -0.3 is 15.2 Å². The van der Waals surface area contributed by atoms with Crippen LogP contribution in [0, 0.1) is 25.2 Å². The highest BCUT2D eigenvalue weighted by molar-refractivity contribution is 7.90. The Morgan fingerprint density at radius 2 is 1.63 bits per heavy atom. The SMILES string of the molecule is COC(=O)C1=C(C(=O)OC)N(c2c(C)ccc(S(C)(=O)=O)c2C)C(N)=C(C#N)C1c1ccccc1. The number of carbonyl (C=O) groups excluding carboxylic acids is 2. The number of benzene rings is 2. The number of ether oxygens (including phenoxy) is 2. The molecule has 0 fully saturated rings. The molecule has 3 rings (SSSR count). The molecule has 0 spiro atoms. The molecule has 2 aromatic rings. The highest BCUT2D eigenvalue weighted by atomic mass is 32.2. The lowest BCUT2D eigenvalue weighted by Crippen LogP contribution is -2.41. The number of nitrogens with zero attached hydrogens (tertiary/aromatic N) is 2. The summed E-state index contributed by atoms with van der Waals surface area (Å²) in [6.45, 7) is 3.26. The molecule has 1 heterocycles. The molecule has 1 unspecified atom stereocenters. The first-order valence-electron chi connectivity index (χ1n) is 10.4. The topological polar surface area (TPSA) is 140 Å². The summed E-state index contributed by atoms with van der Waals surface area (Å²) in [7, 11) is -1.35. The molecule has 1 atom stereocenters. The lowest BCUT2D eigenvalue weighted by Gasteiger charge is -2.37. The van der Waals surface area contributed by atoms with Crippen LogP contribution in [-0.2, 0) is 28.9 Å². The predicted octanol–water partition coefficient (Wildman–Crippen LogP) is 2.60. The van der Waals surface area contributed by atoms with Crippen molar-refractivity contribution in [1.29, 1.82) is 5.26 Å². The number of anilines is 1. The Hall–Kier alpha value is -4.10. The van der Waals surface area contributed by atoms with Crippen molar-refractivity contribution in [3.8, 4) is 6.07 Å². The number of allylic oxidation sites excluding steroid dienone is 1. The molecule has 9 nitrogen and oxygen atoms in total. The molecular weight excluding hydrogens is 470 g/mol. The van der Waals surface area contributed by atoms with Crippen LogP contribution >= 0.6 is 0 Å². The number of nitriles is 1. The number of hydrogen-bond acceptors (Lipinski definition) is 9. The van der Waals surface area contributed by atoms with E-state index < -0.39 is 27.7 Å². The summed E-state index contributed by atoms with van der Waals surface area (Å²) in [5.74, 6) is -2.92. The number of nitrogens with two attached hydrogens (primary N) is 1. The summed E-state index contributed by atoms with van der Waals surface area (Å²) in [5, 5.41) is 10.1. The summed E-state index contributed by atoms with van der Waals surface area (Å²) in [5.41, 5.74) is 7.71. The minimum absolute atomic E-state index is 0.00666. The van der Waals surface area contributed by atoms with Crippen LogP contribution in [0.1, 0.15) is 22.6 Å². The van der Waals surface area contributed by atoms with Crippen molar-refractivity contribution in [2.75, 3.05) is 25.4 Å². The lowest BCUT2D eigenvalue weighted by molar-refractivity contribution is -0.139. The molecule has 0 bridgehead atoms. The molecular formula is C25H25N3O6S. The molecule has 35 heavy (non-hydrogen) atoms. The molecule has 0 saturated heterocycles. The number of methoxy groups -OCH3 is 2. The van der Waals surface area contributed by atoms with Crippen molar-refractivity contribution in [2.45, 2.75) is 24.7 Å². The number of aryl methyl sites for hydroxylation is 1. The summed E-state index contributed by atoms with van der Waals surface area (Å²) in [6.07, 6.45) is 1.06. The largest absolute Gasteiger partial charge is 0.466 e. The van der Waals surface area contributed by atoms with E-state index in [4.69, 9.17) is 15.2 Å². The number of esters is 2. The van der Waals surface area contributed by atoms with Crippen molar-refractivity contribution < 1.29 is 27.5 Å². The Morgan fingerprint density at radius 1 is 1.03 bits per heavy atom. The second-order valence-corrected chi connectivity index (χ2v) is 9.95. The molecule has 182 valence electrons. The molecule has 0 aromatic heterocycles. The van der Waals surface area contributed by atoms with E-state index in [-0.39, 0.29) is 38.8 Å². The zero-order valence-corrected chi connectivity index (χ0v) is 20.8. The lowest BCUT2D eigenvalue weighted by atomic mass is 9.80. The molecule has 0 amide bonds. The van der Waals surface area contributed by atoms with Crippen molar-refractivity contribution in [1.82, 2.24) is 0 Å². The van der Waals surface area contributed by atoms with Gasteiger partial charge in [0.05, 0.1) is 47.9 Å². The first-order valence-corrected chi connectivity index (χ1v) is 12.3. The average Bonchev–Trinajstić information content (AvgIpc) is 2.82. The van der Waals surface area contributed by atoms with Crippen LogP contribution in [0.2, 0.25) is 0 Å². The molecule has 0 radical (unpaired) electrons. The van der Waals surface area contributed by atoms with Crippen LogP contribution in [0.3, 0.4) is 0 Å². The smallest absolute Gasteiger partial charge is 0.355 e. The average molecular weight is 496 g/mol. The van der Waals surface area contributed by atoms with Gasteiger partial charge in [0.1, 0.15) is 11.5 Å². The van der Waals surface area contributed by atoms with Crippen molar-refractivity contribution in [3.05, 3.63) is 81.8 Å². The van der Waals surface area contributed by atoms with E-state index in [1.807, 2.05) is 0 Å². The Balaban J connectivity index is 2.53. The minimum atomic E-state index is -3.65. The Morgan fingerprint density at radius 3 is 2.14 bits per heavy atom. The maximum absolute atomic E-state index is 13.2. The molecule has 2 N–H and O–H groups in total. The molecule has 1 aliphatic rings.